The van der Waals surface area contributed by atoms with Crippen LogP contribution in [-0.4, -0.2) is 79.8 Å². The first-order valence-corrected chi connectivity index (χ1v) is 11.4. The Hall–Kier alpha value is -2.23. The predicted octanol–water partition coefficient (Wildman–Crippen LogP) is 0.408. The second-order valence-electron chi connectivity index (χ2n) is 8.40. The molecule has 0 saturated carbocycles. The molecule has 0 radical (unpaired) electrons. The summed E-state index contributed by atoms with van der Waals surface area (Å²) in [5, 5.41) is 10.1. The Labute approximate surface area is 188 Å². The van der Waals surface area contributed by atoms with Gasteiger partial charge >= 0.3 is 0 Å². The van der Waals surface area contributed by atoms with Gasteiger partial charge in [-0.05, 0) is 43.1 Å². The van der Waals surface area contributed by atoms with E-state index in [1.165, 1.54) is 5.56 Å². The molecule has 2 saturated heterocycles. The van der Waals surface area contributed by atoms with E-state index in [1.807, 2.05) is 23.1 Å². The van der Waals surface area contributed by atoms with Gasteiger partial charge in [0.25, 0.3) is 0 Å². The fraction of sp³-hybridized carbons (Fsp3) is 0.591. The van der Waals surface area contributed by atoms with Crippen molar-refractivity contribution in [3.05, 3.63) is 29.8 Å². The van der Waals surface area contributed by atoms with Crippen LogP contribution in [0.15, 0.2) is 24.3 Å². The van der Waals surface area contributed by atoms with Gasteiger partial charge in [-0.25, -0.2) is 0 Å². The van der Waals surface area contributed by atoms with Gasteiger partial charge in [-0.1, -0.05) is 18.2 Å². The van der Waals surface area contributed by atoms with Crippen LogP contribution in [0, 0.1) is 0 Å². The monoisotopic (exact) mass is 445 g/mol. The number of carbonyl (C=O) groups excluding carboxylic acids is 2. The first-order chi connectivity index (χ1) is 15.1. The zero-order chi connectivity index (χ0) is 21.8. The van der Waals surface area contributed by atoms with Gasteiger partial charge in [0, 0.05) is 57.5 Å². The van der Waals surface area contributed by atoms with E-state index >= 15 is 0 Å². The third kappa shape index (κ3) is 4.99. The molecule has 0 bridgehead atoms. The Morgan fingerprint density at radius 3 is 3.03 bits per heavy atom. The summed E-state index contributed by atoms with van der Waals surface area (Å²) in [6, 6.07) is 8.23. The van der Waals surface area contributed by atoms with E-state index in [0.717, 1.165) is 31.6 Å². The summed E-state index contributed by atoms with van der Waals surface area (Å²) in [4.78, 5) is 29.5. The standard InChI is InChI=1S/C22H31N5O3S/c1-30-11-9-23-22(31)25-16-12-19-21(29)24-13-17(27(19)14-16)6-7-20(28)26-10-8-15-4-2-3-5-18(15)26/h2-5,16-17,19H,6-14H2,1H3,(H,24,29)(H2,23,25,31)/t16-,17+,19-/m0/s1. The molecule has 3 aliphatic rings. The van der Waals surface area contributed by atoms with E-state index in [2.05, 4.69) is 26.9 Å². The van der Waals surface area contributed by atoms with Crippen molar-refractivity contribution in [3.63, 3.8) is 0 Å². The summed E-state index contributed by atoms with van der Waals surface area (Å²) in [5.74, 6) is 0.231. The fourth-order valence-corrected chi connectivity index (χ4v) is 5.14. The molecule has 0 aromatic heterocycles. The molecule has 3 aliphatic heterocycles. The molecule has 2 amide bonds. The van der Waals surface area contributed by atoms with Crippen molar-refractivity contribution in [3.8, 4) is 0 Å². The number of para-hydroxylation sites is 1. The topological polar surface area (TPSA) is 85.9 Å². The Bertz CT molecular complexity index is 835. The van der Waals surface area contributed by atoms with Gasteiger partial charge in [0.1, 0.15) is 0 Å². The van der Waals surface area contributed by atoms with E-state index in [9.17, 15) is 9.59 Å². The van der Waals surface area contributed by atoms with E-state index < -0.39 is 0 Å². The predicted molar refractivity (Wildman–Crippen MR) is 123 cm³/mol. The molecule has 1 aromatic rings. The van der Waals surface area contributed by atoms with Crippen molar-refractivity contribution >= 4 is 34.8 Å². The summed E-state index contributed by atoms with van der Waals surface area (Å²) >= 11 is 5.36. The maximum absolute atomic E-state index is 12.9. The average molecular weight is 446 g/mol. The summed E-state index contributed by atoms with van der Waals surface area (Å²) in [6.45, 7) is 3.32. The number of methoxy groups -OCH3 is 1. The Morgan fingerprint density at radius 1 is 1.35 bits per heavy atom. The molecular formula is C22H31N5O3S. The van der Waals surface area contributed by atoms with Gasteiger partial charge in [0.05, 0.1) is 12.6 Å². The molecule has 31 heavy (non-hydrogen) atoms. The molecule has 9 heteroatoms. The van der Waals surface area contributed by atoms with Crippen molar-refractivity contribution in [1.29, 1.82) is 0 Å². The highest BCUT2D eigenvalue weighted by atomic mass is 32.1. The zero-order valence-corrected chi connectivity index (χ0v) is 18.7. The number of nitrogens with one attached hydrogen (secondary N) is 3. The SMILES string of the molecule is COCCNC(=S)N[C@H]1C[C@H]2C(=O)NC[C@@H](CCC(=O)N3CCc4ccccc43)N2C1. The van der Waals surface area contributed by atoms with Crippen LogP contribution in [0.5, 0.6) is 0 Å². The van der Waals surface area contributed by atoms with Crippen molar-refractivity contribution in [2.24, 2.45) is 0 Å². The maximum atomic E-state index is 12.9. The second-order valence-corrected chi connectivity index (χ2v) is 8.81. The van der Waals surface area contributed by atoms with Gasteiger partial charge in [0.15, 0.2) is 5.11 Å². The molecule has 0 spiro atoms. The molecular weight excluding hydrogens is 414 g/mol. The molecule has 3 N–H and O–H groups in total. The fourth-order valence-electron chi connectivity index (χ4n) is 4.87. The number of amides is 2. The summed E-state index contributed by atoms with van der Waals surface area (Å²) in [6.07, 6.45) is 2.84. The number of fused-ring (bicyclic) bond motifs is 2. The van der Waals surface area contributed by atoms with Crippen LogP contribution in [0.3, 0.4) is 0 Å². The van der Waals surface area contributed by atoms with Crippen molar-refractivity contribution in [2.75, 3.05) is 44.8 Å². The molecule has 0 aliphatic carbocycles. The highest BCUT2D eigenvalue weighted by Crippen LogP contribution is 2.29. The maximum Gasteiger partial charge on any atom is 0.237 e. The number of rotatable bonds is 7. The van der Waals surface area contributed by atoms with Crippen LogP contribution < -0.4 is 20.9 Å². The Balaban J connectivity index is 1.31. The van der Waals surface area contributed by atoms with E-state index in [1.54, 1.807) is 7.11 Å². The van der Waals surface area contributed by atoms with E-state index in [0.29, 0.717) is 37.7 Å². The van der Waals surface area contributed by atoms with Crippen LogP contribution in [0.1, 0.15) is 24.8 Å². The first-order valence-electron chi connectivity index (χ1n) is 11.0. The number of anilines is 1. The molecule has 2 fully saturated rings. The quantitative estimate of drug-likeness (QED) is 0.414. The van der Waals surface area contributed by atoms with Gasteiger partial charge < -0.3 is 25.6 Å². The van der Waals surface area contributed by atoms with E-state index in [-0.39, 0.29) is 29.9 Å². The molecule has 4 rings (SSSR count). The highest BCUT2D eigenvalue weighted by molar-refractivity contribution is 7.80. The van der Waals surface area contributed by atoms with E-state index in [4.69, 9.17) is 17.0 Å². The Kier molecular flexibility index (Phi) is 7.04. The molecule has 0 unspecified atom stereocenters. The molecule has 3 atom stereocenters. The number of carbonyl (C=O) groups is 2. The number of nitrogens with zero attached hydrogens (tertiary/aromatic N) is 2. The first kappa shape index (κ1) is 22.0. The zero-order valence-electron chi connectivity index (χ0n) is 17.9. The molecule has 168 valence electrons. The van der Waals surface area contributed by atoms with Gasteiger partial charge in [0.2, 0.25) is 11.8 Å². The number of benzene rings is 1. The molecule has 8 nitrogen and oxygen atoms in total. The van der Waals surface area contributed by atoms with Crippen molar-refractivity contribution < 1.29 is 14.3 Å². The van der Waals surface area contributed by atoms with Crippen LogP contribution in [-0.2, 0) is 20.7 Å². The lowest BCUT2D eigenvalue weighted by Gasteiger charge is -2.37. The lowest BCUT2D eigenvalue weighted by atomic mass is 10.0. The smallest absolute Gasteiger partial charge is 0.237 e. The van der Waals surface area contributed by atoms with Gasteiger partial charge in [-0.15, -0.1) is 0 Å². The number of piperazine rings is 1. The Morgan fingerprint density at radius 2 is 2.19 bits per heavy atom. The van der Waals surface area contributed by atoms with Crippen LogP contribution in [0.4, 0.5) is 5.69 Å². The number of hydrogen-bond donors (Lipinski definition) is 3. The van der Waals surface area contributed by atoms with Gasteiger partial charge in [-0.2, -0.15) is 0 Å². The number of ether oxygens (including phenoxy) is 1. The largest absolute Gasteiger partial charge is 0.383 e. The number of hydrogen-bond acceptors (Lipinski definition) is 5. The average Bonchev–Trinajstić information content (AvgIpc) is 3.38. The van der Waals surface area contributed by atoms with Crippen LogP contribution in [0.2, 0.25) is 0 Å². The van der Waals surface area contributed by atoms with Crippen LogP contribution >= 0.6 is 12.2 Å². The highest BCUT2D eigenvalue weighted by Gasteiger charge is 2.43. The van der Waals surface area contributed by atoms with Crippen molar-refractivity contribution in [2.45, 2.75) is 43.8 Å². The third-order valence-corrected chi connectivity index (χ3v) is 6.69. The minimum Gasteiger partial charge on any atom is -0.383 e. The lowest BCUT2D eigenvalue weighted by molar-refractivity contribution is -0.129. The second kappa shape index (κ2) is 9.93. The third-order valence-electron chi connectivity index (χ3n) is 6.43. The summed E-state index contributed by atoms with van der Waals surface area (Å²) < 4.78 is 5.03. The molecule has 3 heterocycles. The molecule has 1 aromatic carbocycles. The number of thiocarbonyl (C=S) groups is 1. The normalized spacial score (nSPS) is 25.0. The summed E-state index contributed by atoms with van der Waals surface area (Å²) in [5.41, 5.74) is 2.28. The van der Waals surface area contributed by atoms with Crippen molar-refractivity contribution in [1.82, 2.24) is 20.9 Å². The minimum absolute atomic E-state index is 0.0682. The lowest BCUT2D eigenvalue weighted by Crippen LogP contribution is -2.58. The summed E-state index contributed by atoms with van der Waals surface area (Å²) in [7, 11) is 1.65. The minimum atomic E-state index is -0.166. The van der Waals surface area contributed by atoms with Gasteiger partial charge in [-0.3, -0.25) is 14.5 Å². The van der Waals surface area contributed by atoms with Crippen LogP contribution in [0.25, 0.3) is 0 Å².